The van der Waals surface area contributed by atoms with Crippen molar-refractivity contribution in [3.63, 3.8) is 0 Å². The highest BCUT2D eigenvalue weighted by Gasteiger charge is 2.22. The van der Waals surface area contributed by atoms with E-state index < -0.39 is 0 Å². The van der Waals surface area contributed by atoms with Crippen LogP contribution in [0.3, 0.4) is 0 Å². The average Bonchev–Trinajstić information content (AvgIpc) is 3.02. The van der Waals surface area contributed by atoms with Gasteiger partial charge in [0.25, 0.3) is 5.91 Å². The van der Waals surface area contributed by atoms with Crippen molar-refractivity contribution in [2.45, 2.75) is 26.5 Å². The Morgan fingerprint density at radius 3 is 2.58 bits per heavy atom. The first kappa shape index (κ1) is 18.0. The van der Waals surface area contributed by atoms with Gasteiger partial charge in [0.1, 0.15) is 11.3 Å². The normalized spacial score (nSPS) is 12.1. The fourth-order valence-corrected chi connectivity index (χ4v) is 2.93. The van der Waals surface area contributed by atoms with Crippen molar-refractivity contribution < 1.29 is 18.7 Å². The number of ether oxygens (including phenoxy) is 2. The van der Waals surface area contributed by atoms with Crippen LogP contribution >= 0.6 is 0 Å². The predicted molar refractivity (Wildman–Crippen MR) is 100 cm³/mol. The van der Waals surface area contributed by atoms with Crippen LogP contribution in [-0.4, -0.2) is 19.6 Å². The molecule has 1 unspecified atom stereocenters. The summed E-state index contributed by atoms with van der Waals surface area (Å²) in [7, 11) is 1.60. The Kier molecular flexibility index (Phi) is 5.58. The number of para-hydroxylation sites is 1. The molecule has 1 heterocycles. The lowest BCUT2D eigenvalue weighted by Gasteiger charge is -2.14. The molecule has 3 rings (SSSR count). The van der Waals surface area contributed by atoms with Crippen LogP contribution in [-0.2, 0) is 11.3 Å². The predicted octanol–water partition coefficient (Wildman–Crippen LogP) is 4.47. The lowest BCUT2D eigenvalue weighted by Crippen LogP contribution is -2.27. The Labute approximate surface area is 152 Å². The Balaban J connectivity index is 1.81. The molecule has 26 heavy (non-hydrogen) atoms. The fraction of sp³-hybridized carbons (Fsp3) is 0.286. The van der Waals surface area contributed by atoms with Gasteiger partial charge in [0.15, 0.2) is 5.76 Å². The van der Waals surface area contributed by atoms with Crippen LogP contribution in [0.25, 0.3) is 11.0 Å². The molecule has 3 aromatic rings. The van der Waals surface area contributed by atoms with Crippen molar-refractivity contribution in [1.82, 2.24) is 5.32 Å². The minimum absolute atomic E-state index is 0.165. The zero-order valence-electron chi connectivity index (χ0n) is 15.2. The second kappa shape index (κ2) is 8.06. The highest BCUT2D eigenvalue weighted by molar-refractivity contribution is 5.99. The van der Waals surface area contributed by atoms with E-state index in [0.29, 0.717) is 24.6 Å². The number of hydrogen-bond donors (Lipinski definition) is 1. The first-order valence-corrected chi connectivity index (χ1v) is 8.67. The van der Waals surface area contributed by atoms with Gasteiger partial charge >= 0.3 is 0 Å². The monoisotopic (exact) mass is 353 g/mol. The van der Waals surface area contributed by atoms with Gasteiger partial charge < -0.3 is 19.2 Å². The largest absolute Gasteiger partial charge is 0.494 e. The molecule has 136 valence electrons. The van der Waals surface area contributed by atoms with E-state index in [4.69, 9.17) is 13.9 Å². The zero-order chi connectivity index (χ0) is 18.5. The summed E-state index contributed by atoms with van der Waals surface area (Å²) >= 11 is 0. The van der Waals surface area contributed by atoms with Gasteiger partial charge in [-0.05, 0) is 37.6 Å². The number of carbonyl (C=O) groups is 1. The summed E-state index contributed by atoms with van der Waals surface area (Å²) in [6, 6.07) is 15.1. The van der Waals surface area contributed by atoms with E-state index in [2.05, 4.69) is 5.32 Å². The molecule has 0 fully saturated rings. The van der Waals surface area contributed by atoms with Gasteiger partial charge in [-0.1, -0.05) is 30.3 Å². The lowest BCUT2D eigenvalue weighted by molar-refractivity contribution is 0.0907. The maximum Gasteiger partial charge on any atom is 0.287 e. The van der Waals surface area contributed by atoms with Gasteiger partial charge in [-0.25, -0.2) is 0 Å². The molecule has 0 aliphatic heterocycles. The van der Waals surface area contributed by atoms with Crippen LogP contribution in [0.5, 0.6) is 5.75 Å². The molecular weight excluding hydrogens is 330 g/mol. The van der Waals surface area contributed by atoms with E-state index in [1.807, 2.05) is 62.4 Å². The van der Waals surface area contributed by atoms with Gasteiger partial charge in [-0.3, -0.25) is 4.79 Å². The summed E-state index contributed by atoms with van der Waals surface area (Å²) in [5.41, 5.74) is 2.43. The van der Waals surface area contributed by atoms with Crippen molar-refractivity contribution in [3.8, 4) is 5.75 Å². The summed E-state index contributed by atoms with van der Waals surface area (Å²) in [4.78, 5) is 12.8. The molecule has 0 bridgehead atoms. The molecule has 0 saturated carbocycles. The minimum Gasteiger partial charge on any atom is -0.494 e. The molecule has 0 radical (unpaired) electrons. The Bertz CT molecular complexity index is 883. The van der Waals surface area contributed by atoms with Gasteiger partial charge in [-0.15, -0.1) is 0 Å². The van der Waals surface area contributed by atoms with Crippen molar-refractivity contribution in [2.24, 2.45) is 0 Å². The molecular formula is C21H23NO4. The van der Waals surface area contributed by atoms with E-state index in [9.17, 15) is 4.79 Å². The first-order valence-electron chi connectivity index (χ1n) is 8.67. The molecule has 0 aliphatic rings. The summed E-state index contributed by atoms with van der Waals surface area (Å²) in [5.74, 6) is 0.856. The lowest BCUT2D eigenvalue weighted by atomic mass is 10.1. The van der Waals surface area contributed by atoms with Crippen molar-refractivity contribution in [2.75, 3.05) is 13.7 Å². The maximum absolute atomic E-state index is 12.8. The van der Waals surface area contributed by atoms with Crippen molar-refractivity contribution in [1.29, 1.82) is 0 Å². The second-order valence-corrected chi connectivity index (χ2v) is 6.04. The fourth-order valence-electron chi connectivity index (χ4n) is 2.93. The third kappa shape index (κ3) is 3.73. The summed E-state index contributed by atoms with van der Waals surface area (Å²) in [6.07, 6.45) is 0. The molecule has 0 aliphatic carbocycles. The van der Waals surface area contributed by atoms with E-state index >= 15 is 0 Å². The van der Waals surface area contributed by atoms with E-state index in [1.165, 1.54) is 0 Å². The first-order chi connectivity index (χ1) is 12.6. The number of furan rings is 1. The maximum atomic E-state index is 12.8. The Hall–Kier alpha value is -2.79. The van der Waals surface area contributed by atoms with Crippen LogP contribution < -0.4 is 10.1 Å². The van der Waals surface area contributed by atoms with Crippen molar-refractivity contribution >= 4 is 16.9 Å². The van der Waals surface area contributed by atoms with Gasteiger partial charge in [-0.2, -0.15) is 0 Å². The molecule has 1 atom stereocenters. The SMILES string of the molecule is CCOc1ccc(C(C)NC(=O)c2oc3ccccc3c2COC)cc1. The molecule has 5 nitrogen and oxygen atoms in total. The van der Waals surface area contributed by atoms with E-state index in [-0.39, 0.29) is 11.9 Å². The van der Waals surface area contributed by atoms with Crippen LogP contribution in [0.1, 0.15) is 41.6 Å². The van der Waals surface area contributed by atoms with Crippen LogP contribution in [0.2, 0.25) is 0 Å². The van der Waals surface area contributed by atoms with Crippen LogP contribution in [0.4, 0.5) is 0 Å². The summed E-state index contributed by atoms with van der Waals surface area (Å²) in [6.45, 7) is 4.82. The van der Waals surface area contributed by atoms with E-state index in [1.54, 1.807) is 7.11 Å². The number of hydrogen-bond acceptors (Lipinski definition) is 4. The molecule has 1 N–H and O–H groups in total. The molecule has 0 saturated heterocycles. The minimum atomic E-state index is -0.255. The Morgan fingerprint density at radius 1 is 1.15 bits per heavy atom. The molecule has 0 spiro atoms. The quantitative estimate of drug-likeness (QED) is 0.681. The number of carbonyl (C=O) groups excluding carboxylic acids is 1. The topological polar surface area (TPSA) is 60.7 Å². The third-order valence-corrected chi connectivity index (χ3v) is 4.23. The van der Waals surface area contributed by atoms with Gasteiger partial charge in [0, 0.05) is 18.1 Å². The number of benzene rings is 2. The average molecular weight is 353 g/mol. The summed E-state index contributed by atoms with van der Waals surface area (Å²) < 4.78 is 16.5. The molecule has 2 aromatic carbocycles. The second-order valence-electron chi connectivity index (χ2n) is 6.04. The molecule has 1 aromatic heterocycles. The third-order valence-electron chi connectivity index (χ3n) is 4.23. The number of amides is 1. The number of rotatable bonds is 7. The smallest absolute Gasteiger partial charge is 0.287 e. The van der Waals surface area contributed by atoms with Crippen molar-refractivity contribution in [3.05, 3.63) is 65.4 Å². The summed E-state index contributed by atoms with van der Waals surface area (Å²) in [5, 5.41) is 3.89. The Morgan fingerprint density at radius 2 is 1.88 bits per heavy atom. The van der Waals surface area contributed by atoms with E-state index in [0.717, 1.165) is 22.3 Å². The molecule has 5 heteroatoms. The van der Waals surface area contributed by atoms with Crippen LogP contribution in [0, 0.1) is 0 Å². The zero-order valence-corrected chi connectivity index (χ0v) is 15.2. The van der Waals surface area contributed by atoms with Gasteiger partial charge in [0.05, 0.1) is 19.3 Å². The number of methoxy groups -OCH3 is 1. The van der Waals surface area contributed by atoms with Crippen LogP contribution in [0.15, 0.2) is 52.9 Å². The number of fused-ring (bicyclic) bond motifs is 1. The number of nitrogens with one attached hydrogen (secondary N) is 1. The standard InChI is InChI=1S/C21H23NO4/c1-4-25-16-11-9-15(10-12-16)14(2)22-21(23)20-18(13-24-3)17-7-5-6-8-19(17)26-20/h5-12,14H,4,13H2,1-3H3,(H,22,23). The molecule has 1 amide bonds. The highest BCUT2D eigenvalue weighted by Crippen LogP contribution is 2.27. The van der Waals surface area contributed by atoms with Gasteiger partial charge in [0.2, 0.25) is 0 Å². The highest BCUT2D eigenvalue weighted by atomic mass is 16.5.